The second kappa shape index (κ2) is 5.93. The molecule has 1 unspecified atom stereocenters. The lowest BCUT2D eigenvalue weighted by molar-refractivity contribution is -0.137. The van der Waals surface area contributed by atoms with Gasteiger partial charge in [-0.05, 0) is 40.0 Å². The molecule has 1 aromatic carbocycles. The maximum absolute atomic E-state index is 12.9. The van der Waals surface area contributed by atoms with Gasteiger partial charge in [0.2, 0.25) is 0 Å². The number of hydrogen-bond acceptors (Lipinski definition) is 2. The molecule has 1 heterocycles. The van der Waals surface area contributed by atoms with Crippen molar-refractivity contribution in [3.63, 3.8) is 0 Å². The van der Waals surface area contributed by atoms with Gasteiger partial charge in [0.25, 0.3) is 0 Å². The number of benzene rings is 1. The number of nitrogens with zero attached hydrogens (tertiary/aromatic N) is 1. The fourth-order valence-corrected chi connectivity index (χ4v) is 3.00. The van der Waals surface area contributed by atoms with Gasteiger partial charge in [-0.25, -0.2) is 0 Å². The molecule has 112 valence electrons. The molecule has 1 fully saturated rings. The summed E-state index contributed by atoms with van der Waals surface area (Å²) in [6.07, 6.45) is -4.31. The third-order valence-electron chi connectivity index (χ3n) is 3.64. The van der Waals surface area contributed by atoms with E-state index in [1.54, 1.807) is 0 Å². The van der Waals surface area contributed by atoms with Gasteiger partial charge in [-0.15, -0.1) is 0 Å². The summed E-state index contributed by atoms with van der Waals surface area (Å²) in [5, 5.41) is 3.30. The number of alkyl halides is 3. The summed E-state index contributed by atoms with van der Waals surface area (Å²) < 4.78 is 39.3. The third kappa shape index (κ3) is 3.28. The van der Waals surface area contributed by atoms with E-state index >= 15 is 0 Å². The van der Waals surface area contributed by atoms with Crippen LogP contribution in [0.4, 0.5) is 18.9 Å². The lowest BCUT2D eigenvalue weighted by Gasteiger charge is -2.41. The van der Waals surface area contributed by atoms with Gasteiger partial charge in [0.15, 0.2) is 0 Å². The Labute approximate surface area is 125 Å². The average Bonchev–Trinajstić information content (AvgIpc) is 2.38. The number of piperazine rings is 1. The van der Waals surface area contributed by atoms with Crippen molar-refractivity contribution >= 4 is 21.6 Å². The molecule has 1 atom stereocenters. The van der Waals surface area contributed by atoms with Crippen LogP contribution in [0.3, 0.4) is 0 Å². The smallest absolute Gasteiger partial charge is 0.365 e. The lowest BCUT2D eigenvalue weighted by Crippen LogP contribution is -2.53. The molecule has 0 amide bonds. The van der Waals surface area contributed by atoms with Crippen LogP contribution >= 0.6 is 15.9 Å². The van der Waals surface area contributed by atoms with Crippen molar-refractivity contribution in [2.75, 3.05) is 24.5 Å². The standard InChI is InChI=1S/C14H18BrF3N2/c1-9(2)13-8-19-5-6-20(13)12-7-10(14(16,17)18)3-4-11(12)15/h3-4,7,9,13,19H,5-6,8H2,1-2H3. The van der Waals surface area contributed by atoms with E-state index in [0.29, 0.717) is 22.6 Å². The Kier molecular flexibility index (Phi) is 4.64. The summed E-state index contributed by atoms with van der Waals surface area (Å²) in [7, 11) is 0. The van der Waals surface area contributed by atoms with Gasteiger partial charge in [0, 0.05) is 30.1 Å². The third-order valence-corrected chi connectivity index (χ3v) is 4.31. The van der Waals surface area contributed by atoms with Gasteiger partial charge in [-0.2, -0.15) is 13.2 Å². The first kappa shape index (κ1) is 15.6. The first-order chi connectivity index (χ1) is 9.30. The Balaban J connectivity index is 2.39. The number of rotatable bonds is 2. The van der Waals surface area contributed by atoms with E-state index in [0.717, 1.165) is 19.2 Å². The Bertz CT molecular complexity index is 474. The molecule has 0 bridgehead atoms. The summed E-state index contributed by atoms with van der Waals surface area (Å²) in [5.74, 6) is 0.365. The van der Waals surface area contributed by atoms with Crippen molar-refractivity contribution in [1.82, 2.24) is 5.32 Å². The molecule has 20 heavy (non-hydrogen) atoms. The fraction of sp³-hybridized carbons (Fsp3) is 0.571. The molecule has 1 N–H and O–H groups in total. The SMILES string of the molecule is CC(C)C1CNCCN1c1cc(C(F)(F)F)ccc1Br. The molecule has 0 saturated carbocycles. The number of halogens is 4. The van der Waals surface area contributed by atoms with Gasteiger partial charge < -0.3 is 10.2 Å². The first-order valence-corrected chi connectivity index (χ1v) is 7.44. The van der Waals surface area contributed by atoms with Gasteiger partial charge in [0.05, 0.1) is 11.3 Å². The van der Waals surface area contributed by atoms with Gasteiger partial charge in [-0.3, -0.25) is 0 Å². The highest BCUT2D eigenvalue weighted by atomic mass is 79.9. The van der Waals surface area contributed by atoms with Crippen LogP contribution in [0.1, 0.15) is 19.4 Å². The summed E-state index contributed by atoms with van der Waals surface area (Å²) in [6, 6.07) is 4.03. The number of anilines is 1. The minimum absolute atomic E-state index is 0.198. The molecule has 0 aromatic heterocycles. The van der Waals surface area contributed by atoms with Gasteiger partial charge in [0.1, 0.15) is 0 Å². The van der Waals surface area contributed by atoms with E-state index in [-0.39, 0.29) is 6.04 Å². The Hall–Kier alpha value is -0.750. The van der Waals surface area contributed by atoms with Crippen molar-refractivity contribution in [2.45, 2.75) is 26.1 Å². The van der Waals surface area contributed by atoms with Crippen molar-refractivity contribution in [2.24, 2.45) is 5.92 Å². The zero-order valence-corrected chi connectivity index (χ0v) is 13.1. The van der Waals surface area contributed by atoms with Crippen LogP contribution < -0.4 is 10.2 Å². The highest BCUT2D eigenvalue weighted by Crippen LogP contribution is 2.37. The molecule has 0 aliphatic carbocycles. The van der Waals surface area contributed by atoms with Crippen LogP contribution in [0.25, 0.3) is 0 Å². The molecular weight excluding hydrogens is 333 g/mol. The number of nitrogens with one attached hydrogen (secondary N) is 1. The molecule has 0 radical (unpaired) electrons. The molecule has 6 heteroatoms. The summed E-state index contributed by atoms with van der Waals surface area (Å²) in [5.41, 5.74) is 0.0248. The van der Waals surface area contributed by atoms with Gasteiger partial charge >= 0.3 is 6.18 Å². The quantitative estimate of drug-likeness (QED) is 0.869. The summed E-state index contributed by atoms with van der Waals surface area (Å²) in [6.45, 7) is 6.47. The van der Waals surface area contributed by atoms with Crippen molar-refractivity contribution < 1.29 is 13.2 Å². The molecule has 1 aliphatic rings. The van der Waals surface area contributed by atoms with Gasteiger partial charge in [-0.1, -0.05) is 13.8 Å². The number of hydrogen-bond donors (Lipinski definition) is 1. The van der Waals surface area contributed by atoms with E-state index in [9.17, 15) is 13.2 Å². The minimum Gasteiger partial charge on any atom is -0.365 e. The zero-order valence-electron chi connectivity index (χ0n) is 11.5. The predicted molar refractivity (Wildman–Crippen MR) is 78.0 cm³/mol. The van der Waals surface area contributed by atoms with E-state index in [1.165, 1.54) is 12.1 Å². The van der Waals surface area contributed by atoms with E-state index in [1.807, 2.05) is 0 Å². The second-order valence-electron chi connectivity index (χ2n) is 5.37. The van der Waals surface area contributed by atoms with E-state index in [4.69, 9.17) is 0 Å². The molecule has 1 aromatic rings. The minimum atomic E-state index is -4.31. The Morgan fingerprint density at radius 3 is 2.65 bits per heavy atom. The Morgan fingerprint density at radius 1 is 1.35 bits per heavy atom. The molecular formula is C14H18BrF3N2. The normalized spacial score (nSPS) is 20.6. The highest BCUT2D eigenvalue weighted by molar-refractivity contribution is 9.10. The van der Waals surface area contributed by atoms with E-state index in [2.05, 4.69) is 40.0 Å². The van der Waals surface area contributed by atoms with Crippen LogP contribution in [0.5, 0.6) is 0 Å². The average molecular weight is 351 g/mol. The highest BCUT2D eigenvalue weighted by Gasteiger charge is 2.33. The lowest BCUT2D eigenvalue weighted by atomic mass is 9.99. The van der Waals surface area contributed by atoms with Crippen LogP contribution in [-0.4, -0.2) is 25.7 Å². The first-order valence-electron chi connectivity index (χ1n) is 6.65. The van der Waals surface area contributed by atoms with Crippen LogP contribution in [0.15, 0.2) is 22.7 Å². The molecule has 2 nitrogen and oxygen atoms in total. The van der Waals surface area contributed by atoms with Crippen molar-refractivity contribution in [3.8, 4) is 0 Å². The van der Waals surface area contributed by atoms with Crippen LogP contribution in [-0.2, 0) is 6.18 Å². The fourth-order valence-electron chi connectivity index (χ4n) is 2.53. The maximum atomic E-state index is 12.9. The maximum Gasteiger partial charge on any atom is 0.416 e. The molecule has 1 aliphatic heterocycles. The molecule has 1 saturated heterocycles. The second-order valence-corrected chi connectivity index (χ2v) is 6.23. The molecule has 0 spiro atoms. The topological polar surface area (TPSA) is 15.3 Å². The van der Waals surface area contributed by atoms with E-state index < -0.39 is 11.7 Å². The van der Waals surface area contributed by atoms with Crippen molar-refractivity contribution in [3.05, 3.63) is 28.2 Å². The van der Waals surface area contributed by atoms with Crippen LogP contribution in [0, 0.1) is 5.92 Å². The summed E-state index contributed by atoms with van der Waals surface area (Å²) in [4.78, 5) is 2.07. The Morgan fingerprint density at radius 2 is 2.05 bits per heavy atom. The van der Waals surface area contributed by atoms with Crippen LogP contribution in [0.2, 0.25) is 0 Å². The predicted octanol–water partition coefficient (Wildman–Crippen LogP) is 3.90. The molecule has 2 rings (SSSR count). The van der Waals surface area contributed by atoms with Crippen molar-refractivity contribution in [1.29, 1.82) is 0 Å². The monoisotopic (exact) mass is 350 g/mol. The summed E-state index contributed by atoms with van der Waals surface area (Å²) >= 11 is 3.38. The zero-order chi connectivity index (χ0) is 14.9. The largest absolute Gasteiger partial charge is 0.416 e.